The Kier molecular flexibility index (Phi) is 5.12. The number of aryl methyl sites for hydroxylation is 1. The van der Waals surface area contributed by atoms with E-state index in [2.05, 4.69) is 25.4 Å². The van der Waals surface area contributed by atoms with Gasteiger partial charge in [-0.05, 0) is 49.6 Å². The van der Waals surface area contributed by atoms with Crippen molar-refractivity contribution in [3.8, 4) is 28.2 Å². The third-order valence-electron chi connectivity index (χ3n) is 7.94. The maximum atomic E-state index is 13.6. The Morgan fingerprint density at radius 3 is 2.81 bits per heavy atom. The van der Waals surface area contributed by atoms with Crippen LogP contribution in [0.3, 0.4) is 0 Å². The van der Waals surface area contributed by atoms with E-state index in [1.165, 1.54) is 18.2 Å². The van der Waals surface area contributed by atoms with Crippen molar-refractivity contribution in [2.45, 2.75) is 31.5 Å². The van der Waals surface area contributed by atoms with Gasteiger partial charge in [-0.2, -0.15) is 13.2 Å². The van der Waals surface area contributed by atoms with Gasteiger partial charge in [0.1, 0.15) is 11.6 Å². The van der Waals surface area contributed by atoms with Crippen LogP contribution in [0.25, 0.3) is 39.2 Å². The smallest absolute Gasteiger partial charge is 0.356 e. The number of nitrogens with one attached hydrogen (secondary N) is 1. The molecule has 2 aliphatic rings. The van der Waals surface area contributed by atoms with Crippen LogP contribution in [0.15, 0.2) is 64.2 Å². The second-order valence-corrected chi connectivity index (χ2v) is 11.0. The van der Waals surface area contributed by atoms with Crippen LogP contribution in [0.2, 0.25) is 5.02 Å². The Labute approximate surface area is 238 Å². The summed E-state index contributed by atoms with van der Waals surface area (Å²) in [7, 11) is 0. The van der Waals surface area contributed by atoms with Crippen LogP contribution in [0, 0.1) is 12.8 Å². The Morgan fingerprint density at radius 1 is 1.14 bits per heavy atom. The van der Waals surface area contributed by atoms with Gasteiger partial charge in [0.05, 0.1) is 41.2 Å². The summed E-state index contributed by atoms with van der Waals surface area (Å²) < 4.78 is 47.6. The standard InChI is InChI=1S/C28H18ClF3N8O2/c1-12-15-4-2-13(6-22(15)42-37-12)20-10-33-26(34-20)25-16-8-17(16)27-35-19(9-24(41)40(25)27)18-7-14(29)3-5-21(18)39-11-23(36-38-39)28(30,31)32/h2-7,9-11,16-17,25H,8H2,1H3,(H,33,34). The summed E-state index contributed by atoms with van der Waals surface area (Å²) in [6, 6.07) is 11.4. The number of fused-ring (bicyclic) bond motifs is 4. The normalized spacial score (nSPS) is 19.3. The summed E-state index contributed by atoms with van der Waals surface area (Å²) in [5.74, 6) is 1.44. The fraction of sp³-hybridized carbons (Fsp3) is 0.214. The van der Waals surface area contributed by atoms with E-state index in [1.807, 2.05) is 25.1 Å². The number of hydrogen-bond acceptors (Lipinski definition) is 7. The molecule has 1 aliphatic heterocycles. The quantitative estimate of drug-likeness (QED) is 0.279. The predicted molar refractivity (Wildman–Crippen MR) is 144 cm³/mol. The molecular weight excluding hydrogens is 573 g/mol. The van der Waals surface area contributed by atoms with Crippen LogP contribution in [-0.4, -0.2) is 39.7 Å². The molecule has 3 unspecified atom stereocenters. The van der Waals surface area contributed by atoms with Crippen molar-refractivity contribution < 1.29 is 17.7 Å². The van der Waals surface area contributed by atoms with Crippen molar-refractivity contribution in [3.63, 3.8) is 0 Å². The zero-order chi connectivity index (χ0) is 28.9. The van der Waals surface area contributed by atoms with Crippen LogP contribution < -0.4 is 5.56 Å². The fourth-order valence-corrected chi connectivity index (χ4v) is 6.03. The average molecular weight is 591 g/mol. The molecule has 1 saturated carbocycles. The summed E-state index contributed by atoms with van der Waals surface area (Å²) in [4.78, 5) is 26.4. The summed E-state index contributed by atoms with van der Waals surface area (Å²) in [5.41, 5.74) is 2.60. The molecule has 0 radical (unpaired) electrons. The van der Waals surface area contributed by atoms with Gasteiger partial charge < -0.3 is 9.51 Å². The van der Waals surface area contributed by atoms with Gasteiger partial charge in [-0.1, -0.05) is 28.0 Å². The van der Waals surface area contributed by atoms with Crippen LogP contribution in [0.1, 0.15) is 41.4 Å². The minimum Gasteiger partial charge on any atom is -0.356 e. The molecule has 0 amide bonds. The van der Waals surface area contributed by atoms with E-state index in [0.717, 1.165) is 39.6 Å². The number of aromatic nitrogens is 8. The highest BCUT2D eigenvalue weighted by atomic mass is 35.5. The number of rotatable bonds is 4. The second-order valence-electron chi connectivity index (χ2n) is 10.5. The van der Waals surface area contributed by atoms with E-state index in [4.69, 9.17) is 21.1 Å². The molecule has 1 fully saturated rings. The first kappa shape index (κ1) is 25.0. The highest BCUT2D eigenvalue weighted by Gasteiger charge is 2.55. The molecule has 14 heteroatoms. The van der Waals surface area contributed by atoms with Crippen LogP contribution >= 0.6 is 11.6 Å². The van der Waals surface area contributed by atoms with Crippen LogP contribution in [0.4, 0.5) is 13.2 Å². The highest BCUT2D eigenvalue weighted by Crippen LogP contribution is 2.59. The summed E-state index contributed by atoms with van der Waals surface area (Å²) in [6.07, 6.45) is -1.30. The van der Waals surface area contributed by atoms with E-state index < -0.39 is 11.9 Å². The molecule has 3 atom stereocenters. The molecule has 42 heavy (non-hydrogen) atoms. The lowest BCUT2D eigenvalue weighted by molar-refractivity contribution is -0.141. The Morgan fingerprint density at radius 2 is 2.00 bits per heavy atom. The Balaban J connectivity index is 1.18. The molecule has 1 N–H and O–H groups in total. The van der Waals surface area contributed by atoms with Gasteiger partial charge in [0.2, 0.25) is 0 Å². The molecule has 0 bridgehead atoms. The predicted octanol–water partition coefficient (Wildman–Crippen LogP) is 5.71. The van der Waals surface area contributed by atoms with Gasteiger partial charge in [0, 0.05) is 33.5 Å². The summed E-state index contributed by atoms with van der Waals surface area (Å²) >= 11 is 6.26. The van der Waals surface area contributed by atoms with E-state index in [0.29, 0.717) is 27.8 Å². The average Bonchev–Trinajstić information content (AvgIpc) is 3.37. The molecule has 4 aromatic heterocycles. The van der Waals surface area contributed by atoms with Gasteiger partial charge in [0.15, 0.2) is 11.3 Å². The molecule has 6 aromatic rings. The SMILES string of the molecule is Cc1noc2cc(-c3cnc(C4C5CC5c5nc(-c6cc(Cl)ccc6-n6cc(C(F)(F)F)nn6)cc(=O)n54)[nH]3)ccc12. The van der Waals surface area contributed by atoms with Crippen molar-refractivity contribution in [1.29, 1.82) is 0 Å². The zero-order valence-electron chi connectivity index (χ0n) is 21.6. The molecule has 0 spiro atoms. The number of alkyl halides is 3. The number of benzene rings is 2. The molecule has 1 aliphatic carbocycles. The van der Waals surface area contributed by atoms with Crippen molar-refractivity contribution in [3.05, 3.63) is 93.3 Å². The first-order valence-corrected chi connectivity index (χ1v) is 13.4. The Hall–Kier alpha value is -4.78. The van der Waals surface area contributed by atoms with E-state index in [1.54, 1.807) is 16.8 Å². The molecule has 5 heterocycles. The van der Waals surface area contributed by atoms with E-state index in [9.17, 15) is 18.0 Å². The maximum absolute atomic E-state index is 13.6. The molecular formula is C28H18ClF3N8O2. The molecule has 2 aromatic carbocycles. The number of hydrogen-bond donors (Lipinski definition) is 1. The monoisotopic (exact) mass is 590 g/mol. The highest BCUT2D eigenvalue weighted by molar-refractivity contribution is 6.31. The van der Waals surface area contributed by atoms with E-state index >= 15 is 0 Å². The molecule has 0 saturated heterocycles. The van der Waals surface area contributed by atoms with Gasteiger partial charge in [0.25, 0.3) is 5.56 Å². The third kappa shape index (κ3) is 3.80. The van der Waals surface area contributed by atoms with Gasteiger partial charge in [-0.3, -0.25) is 9.36 Å². The minimum absolute atomic E-state index is 0.0514. The third-order valence-corrected chi connectivity index (χ3v) is 8.17. The number of nitrogens with zero attached hydrogens (tertiary/aromatic N) is 7. The lowest BCUT2D eigenvalue weighted by Gasteiger charge is -2.17. The Bertz CT molecular complexity index is 2110. The van der Waals surface area contributed by atoms with Gasteiger partial charge >= 0.3 is 6.18 Å². The van der Waals surface area contributed by atoms with Crippen molar-refractivity contribution in [2.24, 2.45) is 5.92 Å². The lowest BCUT2D eigenvalue weighted by atomic mass is 10.1. The summed E-state index contributed by atoms with van der Waals surface area (Å²) in [6.45, 7) is 1.88. The number of halogens is 4. The second kappa shape index (κ2) is 8.61. The first-order chi connectivity index (χ1) is 20.2. The summed E-state index contributed by atoms with van der Waals surface area (Å²) in [5, 5.41) is 12.2. The number of H-pyrrole nitrogens is 1. The minimum atomic E-state index is -4.65. The van der Waals surface area contributed by atoms with Crippen LogP contribution in [-0.2, 0) is 6.18 Å². The zero-order valence-corrected chi connectivity index (χ0v) is 22.4. The fourth-order valence-electron chi connectivity index (χ4n) is 5.85. The van der Waals surface area contributed by atoms with Crippen molar-refractivity contribution in [2.75, 3.05) is 0 Å². The number of aromatic amines is 1. The van der Waals surface area contributed by atoms with Crippen molar-refractivity contribution in [1.82, 2.24) is 39.7 Å². The van der Waals surface area contributed by atoms with Crippen LogP contribution in [0.5, 0.6) is 0 Å². The molecule has 10 nitrogen and oxygen atoms in total. The maximum Gasteiger partial charge on any atom is 0.436 e. The van der Waals surface area contributed by atoms with Gasteiger partial charge in [-0.15, -0.1) is 5.10 Å². The van der Waals surface area contributed by atoms with Gasteiger partial charge in [-0.25, -0.2) is 14.6 Å². The van der Waals surface area contributed by atoms with Crippen molar-refractivity contribution >= 4 is 22.6 Å². The van der Waals surface area contributed by atoms with E-state index in [-0.39, 0.29) is 34.8 Å². The largest absolute Gasteiger partial charge is 0.436 e. The molecule has 210 valence electrons. The lowest BCUT2D eigenvalue weighted by Crippen LogP contribution is -2.27. The topological polar surface area (TPSA) is 120 Å². The first-order valence-electron chi connectivity index (χ1n) is 13.0. The number of imidazole rings is 1. The molecule has 8 rings (SSSR count).